The molecule has 2 saturated heterocycles. The Balaban J connectivity index is 2.16. The first-order valence-corrected chi connectivity index (χ1v) is 13.4. The summed E-state index contributed by atoms with van der Waals surface area (Å²) < 4.78 is 33.4. The van der Waals surface area contributed by atoms with Crippen LogP contribution in [0.1, 0.15) is 55.4 Å². The van der Waals surface area contributed by atoms with Crippen molar-refractivity contribution in [2.75, 3.05) is 6.61 Å². The molecule has 1 aromatic rings. The van der Waals surface area contributed by atoms with Crippen LogP contribution in [0.2, 0.25) is 0 Å². The Morgan fingerprint density at radius 1 is 0.778 bits per heavy atom. The number of benzene rings is 1. The van der Waals surface area contributed by atoms with E-state index < -0.39 is 36.2 Å². The zero-order valence-corrected chi connectivity index (χ0v) is 19.7. The molecule has 3 rings (SSSR count). The topological polar surface area (TPSA) is 46.2 Å². The second-order valence-electron chi connectivity index (χ2n) is 9.31. The third-order valence-corrected chi connectivity index (χ3v) is 14.9. The minimum absolute atomic E-state index is 0.451. The summed E-state index contributed by atoms with van der Waals surface area (Å²) in [6.45, 7) is 20.3. The number of ether oxygens (including phenoxy) is 1. The van der Waals surface area contributed by atoms with Crippen molar-refractivity contribution < 1.29 is 19.6 Å². The first-order chi connectivity index (χ1) is 12.2. The van der Waals surface area contributed by atoms with E-state index in [-0.39, 0.29) is 0 Å². The van der Waals surface area contributed by atoms with Crippen molar-refractivity contribution in [3.63, 3.8) is 0 Å². The van der Waals surface area contributed by atoms with Gasteiger partial charge < -0.3 is 0 Å². The molecule has 0 atom stereocenters. The summed E-state index contributed by atoms with van der Waals surface area (Å²) in [5, 5.41) is 0. The molecule has 5 nitrogen and oxygen atoms in total. The van der Waals surface area contributed by atoms with Crippen LogP contribution in [-0.2, 0) is 14.9 Å². The molecular weight excluding hydrogens is 407 g/mol. The summed E-state index contributed by atoms with van der Waals surface area (Å²) in [5.74, 6) is 0.749. The van der Waals surface area contributed by atoms with Crippen molar-refractivity contribution in [2.24, 2.45) is 0 Å². The Hall–Kier alpha value is -0.842. The standard InChI is InChI=1S/C21H33AsO5/c1-10-15-23-17-13-11-16(12-14-17)22(24-18(2,3)19(4,5)25-22)26-20(6,7)21(8,9)27-22/h10-14H,1,15H2,2-9H3. The van der Waals surface area contributed by atoms with Crippen molar-refractivity contribution in [3.05, 3.63) is 36.9 Å². The third-order valence-electron chi connectivity index (χ3n) is 6.07. The molecule has 0 aliphatic carbocycles. The predicted octanol–water partition coefficient (Wildman–Crippen LogP) is 4.06. The molecule has 0 aromatic heterocycles. The first kappa shape index (κ1) is 20.9. The van der Waals surface area contributed by atoms with E-state index in [2.05, 4.69) is 6.58 Å². The average Bonchev–Trinajstić information content (AvgIpc) is 2.77. The second-order valence-corrected chi connectivity index (χ2v) is 15.3. The third kappa shape index (κ3) is 2.99. The molecule has 0 saturated carbocycles. The summed E-state index contributed by atoms with van der Waals surface area (Å²) in [4.78, 5) is 0. The molecule has 0 N–H and O–H groups in total. The van der Waals surface area contributed by atoms with Crippen LogP contribution >= 0.6 is 0 Å². The van der Waals surface area contributed by atoms with Gasteiger partial charge in [-0.15, -0.1) is 0 Å². The Kier molecular flexibility index (Phi) is 4.51. The van der Waals surface area contributed by atoms with Gasteiger partial charge >= 0.3 is 165 Å². The van der Waals surface area contributed by atoms with Gasteiger partial charge in [-0.3, -0.25) is 0 Å². The van der Waals surface area contributed by atoms with Crippen LogP contribution in [0.4, 0.5) is 0 Å². The molecule has 2 aliphatic heterocycles. The predicted molar refractivity (Wildman–Crippen MR) is 108 cm³/mol. The molecule has 2 heterocycles. The summed E-state index contributed by atoms with van der Waals surface area (Å²) in [5.41, 5.74) is -2.31. The molecule has 0 unspecified atom stereocenters. The van der Waals surface area contributed by atoms with E-state index in [0.717, 1.165) is 10.1 Å². The first-order valence-electron chi connectivity index (χ1n) is 9.40. The van der Waals surface area contributed by atoms with Gasteiger partial charge in [-0.05, 0) is 0 Å². The molecule has 2 aliphatic rings. The number of hydrogen-bond donors (Lipinski definition) is 0. The van der Waals surface area contributed by atoms with Crippen LogP contribution in [0.5, 0.6) is 5.75 Å². The molecule has 2 fully saturated rings. The quantitative estimate of drug-likeness (QED) is 0.522. The minimum atomic E-state index is -4.78. The Labute approximate surface area is 165 Å². The summed E-state index contributed by atoms with van der Waals surface area (Å²) in [6.07, 6.45) is 1.72. The van der Waals surface area contributed by atoms with Crippen LogP contribution in [0.25, 0.3) is 0 Å². The fourth-order valence-electron chi connectivity index (χ4n) is 3.28. The van der Waals surface area contributed by atoms with E-state index in [1.165, 1.54) is 0 Å². The van der Waals surface area contributed by atoms with Crippen molar-refractivity contribution in [1.82, 2.24) is 0 Å². The van der Waals surface area contributed by atoms with E-state index in [1.54, 1.807) is 6.08 Å². The van der Waals surface area contributed by atoms with Crippen LogP contribution < -0.4 is 9.09 Å². The van der Waals surface area contributed by atoms with E-state index in [1.807, 2.05) is 79.7 Å². The molecular formula is C21H33AsO5. The van der Waals surface area contributed by atoms with Crippen molar-refractivity contribution in [3.8, 4) is 5.75 Å². The van der Waals surface area contributed by atoms with Crippen LogP contribution in [0.3, 0.4) is 0 Å². The van der Waals surface area contributed by atoms with Gasteiger partial charge in [0.05, 0.1) is 0 Å². The molecule has 152 valence electrons. The van der Waals surface area contributed by atoms with Gasteiger partial charge in [-0.25, -0.2) is 0 Å². The normalized spacial score (nSPS) is 29.7. The van der Waals surface area contributed by atoms with E-state index in [0.29, 0.717) is 6.61 Å². The van der Waals surface area contributed by atoms with Gasteiger partial charge in [-0.1, -0.05) is 0 Å². The van der Waals surface area contributed by atoms with Crippen molar-refractivity contribution >= 4 is 18.2 Å². The van der Waals surface area contributed by atoms with E-state index >= 15 is 0 Å². The van der Waals surface area contributed by atoms with Crippen LogP contribution in [0.15, 0.2) is 36.9 Å². The number of rotatable bonds is 4. The summed E-state index contributed by atoms with van der Waals surface area (Å²) in [7, 11) is 0. The summed E-state index contributed by atoms with van der Waals surface area (Å²) >= 11 is -4.78. The maximum atomic E-state index is 6.73. The van der Waals surface area contributed by atoms with Crippen LogP contribution in [0, 0.1) is 0 Å². The molecule has 6 heteroatoms. The fraction of sp³-hybridized carbons (Fsp3) is 0.619. The van der Waals surface area contributed by atoms with Crippen molar-refractivity contribution in [1.29, 1.82) is 0 Å². The SMILES string of the molecule is C=CCOc1ccc([As]23(OC(C)(C)C(C)(C)O2)OC(C)(C)C(C)(C)O3)cc1. The van der Waals surface area contributed by atoms with Gasteiger partial charge in [0.15, 0.2) is 0 Å². The van der Waals surface area contributed by atoms with E-state index in [4.69, 9.17) is 19.6 Å². The van der Waals surface area contributed by atoms with Gasteiger partial charge in [-0.2, -0.15) is 0 Å². The molecule has 1 spiro atoms. The van der Waals surface area contributed by atoms with Gasteiger partial charge in [0.1, 0.15) is 0 Å². The Bertz CT molecular complexity index is 673. The monoisotopic (exact) mass is 440 g/mol. The van der Waals surface area contributed by atoms with Gasteiger partial charge in [0.25, 0.3) is 0 Å². The Morgan fingerprint density at radius 2 is 1.15 bits per heavy atom. The average molecular weight is 440 g/mol. The van der Waals surface area contributed by atoms with Gasteiger partial charge in [0.2, 0.25) is 0 Å². The molecule has 0 amide bonds. The second kappa shape index (κ2) is 5.84. The zero-order chi connectivity index (χ0) is 20.4. The molecule has 1 aromatic carbocycles. The molecule has 0 radical (unpaired) electrons. The number of hydrogen-bond acceptors (Lipinski definition) is 5. The maximum absolute atomic E-state index is 6.73. The van der Waals surface area contributed by atoms with Crippen molar-refractivity contribution in [2.45, 2.75) is 77.8 Å². The fourth-order valence-corrected chi connectivity index (χ4v) is 14.4. The van der Waals surface area contributed by atoms with Gasteiger partial charge in [0, 0.05) is 0 Å². The van der Waals surface area contributed by atoms with Crippen LogP contribution in [-0.4, -0.2) is 42.8 Å². The molecule has 27 heavy (non-hydrogen) atoms. The Morgan fingerprint density at radius 3 is 1.48 bits per heavy atom. The summed E-state index contributed by atoms with van der Waals surface area (Å²) in [6, 6.07) is 7.68. The zero-order valence-electron chi connectivity index (χ0n) is 17.8. The molecule has 0 bridgehead atoms. The van der Waals surface area contributed by atoms with E-state index in [9.17, 15) is 0 Å².